The molecule has 0 fully saturated rings. The lowest BCUT2D eigenvalue weighted by Gasteiger charge is -2.24. The number of nitrogens with zero attached hydrogens (tertiary/aromatic N) is 1. The number of halogens is 1. The van der Waals surface area contributed by atoms with E-state index in [-0.39, 0.29) is 24.9 Å². The summed E-state index contributed by atoms with van der Waals surface area (Å²) in [5.41, 5.74) is 1.23. The molecule has 1 aromatic carbocycles. The molecule has 0 atom stereocenters. The van der Waals surface area contributed by atoms with E-state index < -0.39 is 10.0 Å². The van der Waals surface area contributed by atoms with Gasteiger partial charge in [-0.05, 0) is 30.5 Å². The molecule has 1 aromatic rings. The van der Waals surface area contributed by atoms with Gasteiger partial charge in [-0.2, -0.15) is 0 Å². The van der Waals surface area contributed by atoms with Gasteiger partial charge in [-0.1, -0.05) is 31.5 Å². The maximum atomic E-state index is 12.0. The van der Waals surface area contributed by atoms with Gasteiger partial charge in [-0.15, -0.1) is 0 Å². The third-order valence-corrected chi connectivity index (χ3v) is 4.73. The molecule has 1 rings (SSSR count). The molecular formula is C15H23ClN2O3S. The molecule has 5 nitrogen and oxygen atoms in total. The Bertz CT molecular complexity index is 630. The van der Waals surface area contributed by atoms with Crippen LogP contribution < -0.4 is 9.62 Å². The van der Waals surface area contributed by atoms with Gasteiger partial charge in [0.05, 0.1) is 18.5 Å². The van der Waals surface area contributed by atoms with Crippen molar-refractivity contribution >= 4 is 33.2 Å². The van der Waals surface area contributed by atoms with Gasteiger partial charge in [0, 0.05) is 18.0 Å². The highest BCUT2D eigenvalue weighted by Gasteiger charge is 2.20. The summed E-state index contributed by atoms with van der Waals surface area (Å²) < 4.78 is 25.3. The predicted octanol–water partition coefficient (Wildman–Crippen LogP) is 2.58. The van der Waals surface area contributed by atoms with Crippen LogP contribution in [0.1, 0.15) is 25.8 Å². The van der Waals surface area contributed by atoms with Gasteiger partial charge in [0.25, 0.3) is 0 Å². The number of carbonyl (C=O) groups excluding carboxylic acids is 1. The van der Waals surface area contributed by atoms with Crippen LogP contribution >= 0.6 is 11.6 Å². The minimum absolute atomic E-state index is 0.0775. The minimum atomic E-state index is -3.45. The topological polar surface area (TPSA) is 66.5 Å². The van der Waals surface area contributed by atoms with Gasteiger partial charge in [0.15, 0.2) is 0 Å². The van der Waals surface area contributed by atoms with Crippen molar-refractivity contribution in [3.05, 3.63) is 28.8 Å². The Balaban J connectivity index is 2.84. The zero-order chi connectivity index (χ0) is 16.9. The maximum Gasteiger partial charge on any atom is 0.232 e. The average molecular weight is 347 g/mol. The second kappa shape index (κ2) is 7.83. The molecule has 0 radical (unpaired) electrons. The van der Waals surface area contributed by atoms with Crippen LogP contribution in [-0.2, 0) is 14.8 Å². The fourth-order valence-corrected chi connectivity index (χ4v) is 3.22. The van der Waals surface area contributed by atoms with Gasteiger partial charge < -0.3 is 5.32 Å². The molecule has 1 amide bonds. The molecule has 7 heteroatoms. The SMILES string of the molecule is Cc1c(Cl)cccc1N(CCNC(=O)CC(C)C)S(C)(=O)=O. The van der Waals surface area contributed by atoms with E-state index in [0.29, 0.717) is 22.7 Å². The second-order valence-corrected chi connectivity index (χ2v) is 7.98. The van der Waals surface area contributed by atoms with Crippen LogP contribution in [-0.4, -0.2) is 33.7 Å². The average Bonchev–Trinajstić information content (AvgIpc) is 2.36. The fourth-order valence-electron chi connectivity index (χ4n) is 2.07. The van der Waals surface area contributed by atoms with Crippen molar-refractivity contribution in [3.8, 4) is 0 Å². The fraction of sp³-hybridized carbons (Fsp3) is 0.533. The van der Waals surface area contributed by atoms with Crippen molar-refractivity contribution in [3.63, 3.8) is 0 Å². The summed E-state index contributed by atoms with van der Waals surface area (Å²) in [5.74, 6) is 0.187. The third-order valence-electron chi connectivity index (χ3n) is 3.14. The molecule has 0 saturated carbocycles. The molecule has 0 unspecified atom stereocenters. The standard InChI is InChI=1S/C15H23ClN2O3S/c1-11(2)10-15(19)17-8-9-18(22(4,20)21)14-7-5-6-13(16)12(14)3/h5-7,11H,8-10H2,1-4H3,(H,17,19). The number of hydrogen-bond donors (Lipinski definition) is 1. The number of hydrogen-bond acceptors (Lipinski definition) is 3. The van der Waals surface area contributed by atoms with E-state index in [2.05, 4.69) is 5.32 Å². The predicted molar refractivity (Wildman–Crippen MR) is 90.8 cm³/mol. The monoisotopic (exact) mass is 346 g/mol. The van der Waals surface area contributed by atoms with Crippen molar-refractivity contribution in [2.75, 3.05) is 23.7 Å². The smallest absolute Gasteiger partial charge is 0.232 e. The summed E-state index contributed by atoms with van der Waals surface area (Å²) in [5, 5.41) is 3.25. The molecular weight excluding hydrogens is 324 g/mol. The Morgan fingerprint density at radius 2 is 2.00 bits per heavy atom. The zero-order valence-corrected chi connectivity index (χ0v) is 15.0. The molecule has 0 spiro atoms. The van der Waals surface area contributed by atoms with Gasteiger partial charge in [0.1, 0.15) is 0 Å². The van der Waals surface area contributed by atoms with E-state index in [0.717, 1.165) is 6.26 Å². The number of nitrogens with one attached hydrogen (secondary N) is 1. The molecule has 1 N–H and O–H groups in total. The number of benzene rings is 1. The summed E-state index contributed by atoms with van der Waals surface area (Å²) in [6.07, 6.45) is 1.57. The number of amides is 1. The number of anilines is 1. The Labute approximate surface area is 137 Å². The van der Waals surface area contributed by atoms with Crippen LogP contribution in [0.5, 0.6) is 0 Å². The van der Waals surface area contributed by atoms with Crippen molar-refractivity contribution < 1.29 is 13.2 Å². The quantitative estimate of drug-likeness (QED) is 0.825. The first kappa shape index (κ1) is 18.8. The number of carbonyl (C=O) groups is 1. The third kappa shape index (κ3) is 5.50. The highest BCUT2D eigenvalue weighted by atomic mass is 35.5. The highest BCUT2D eigenvalue weighted by Crippen LogP contribution is 2.27. The molecule has 0 aliphatic rings. The first-order chi connectivity index (χ1) is 10.1. The molecule has 0 aliphatic carbocycles. The van der Waals surface area contributed by atoms with Crippen LogP contribution in [0.3, 0.4) is 0 Å². The lowest BCUT2D eigenvalue weighted by Crippen LogP contribution is -2.38. The molecule has 0 aliphatic heterocycles. The van der Waals surface area contributed by atoms with Crippen LogP contribution in [0.4, 0.5) is 5.69 Å². The molecule has 0 saturated heterocycles. The Kier molecular flexibility index (Phi) is 6.68. The summed E-state index contributed by atoms with van der Waals surface area (Å²) >= 11 is 6.06. The largest absolute Gasteiger partial charge is 0.354 e. The van der Waals surface area contributed by atoms with E-state index >= 15 is 0 Å². The van der Waals surface area contributed by atoms with Crippen LogP contribution in [0, 0.1) is 12.8 Å². The second-order valence-electron chi connectivity index (χ2n) is 5.67. The molecule has 0 heterocycles. The highest BCUT2D eigenvalue weighted by molar-refractivity contribution is 7.92. The van der Waals surface area contributed by atoms with Crippen LogP contribution in [0.25, 0.3) is 0 Å². The zero-order valence-electron chi connectivity index (χ0n) is 13.4. The van der Waals surface area contributed by atoms with Crippen LogP contribution in [0.2, 0.25) is 5.02 Å². The van der Waals surface area contributed by atoms with Crippen molar-refractivity contribution in [2.24, 2.45) is 5.92 Å². The van der Waals surface area contributed by atoms with E-state index in [9.17, 15) is 13.2 Å². The van der Waals surface area contributed by atoms with Crippen molar-refractivity contribution in [1.29, 1.82) is 0 Å². The Hall–Kier alpha value is -1.27. The van der Waals surface area contributed by atoms with E-state index in [1.165, 1.54) is 4.31 Å². The summed E-state index contributed by atoms with van der Waals surface area (Å²) in [7, 11) is -3.45. The normalized spacial score (nSPS) is 11.5. The van der Waals surface area contributed by atoms with Crippen molar-refractivity contribution in [1.82, 2.24) is 5.32 Å². The van der Waals surface area contributed by atoms with Gasteiger partial charge in [0.2, 0.25) is 15.9 Å². The van der Waals surface area contributed by atoms with E-state index in [1.54, 1.807) is 25.1 Å². The lowest BCUT2D eigenvalue weighted by molar-refractivity contribution is -0.121. The summed E-state index contributed by atoms with van der Waals surface area (Å²) in [4.78, 5) is 11.6. The molecule has 22 heavy (non-hydrogen) atoms. The Morgan fingerprint density at radius 1 is 1.36 bits per heavy atom. The molecule has 124 valence electrons. The maximum absolute atomic E-state index is 12.0. The van der Waals surface area contributed by atoms with E-state index in [4.69, 9.17) is 11.6 Å². The molecule has 0 aromatic heterocycles. The van der Waals surface area contributed by atoms with Gasteiger partial charge in [-0.3, -0.25) is 9.10 Å². The van der Waals surface area contributed by atoms with Crippen molar-refractivity contribution in [2.45, 2.75) is 27.2 Å². The summed E-state index contributed by atoms with van der Waals surface area (Å²) in [6.45, 7) is 6.11. The van der Waals surface area contributed by atoms with Gasteiger partial charge >= 0.3 is 0 Å². The Morgan fingerprint density at radius 3 is 2.55 bits per heavy atom. The van der Waals surface area contributed by atoms with E-state index in [1.807, 2.05) is 13.8 Å². The molecule has 0 bridgehead atoms. The first-order valence-electron chi connectivity index (χ1n) is 7.12. The number of rotatable bonds is 7. The van der Waals surface area contributed by atoms with Crippen LogP contribution in [0.15, 0.2) is 18.2 Å². The minimum Gasteiger partial charge on any atom is -0.354 e. The van der Waals surface area contributed by atoms with Gasteiger partial charge in [-0.25, -0.2) is 8.42 Å². The first-order valence-corrected chi connectivity index (χ1v) is 9.35. The number of sulfonamides is 1. The lowest BCUT2D eigenvalue weighted by atomic mass is 10.1. The summed E-state index contributed by atoms with van der Waals surface area (Å²) in [6, 6.07) is 5.13.